The zero-order valence-corrected chi connectivity index (χ0v) is 14.5. The van der Waals surface area contributed by atoms with Crippen molar-refractivity contribution in [3.63, 3.8) is 0 Å². The average molecular weight is 353 g/mol. The molecule has 3 rings (SSSR count). The molecular weight excluding hydrogens is 334 g/mol. The van der Waals surface area contributed by atoms with Crippen LogP contribution < -0.4 is 4.74 Å². The minimum atomic E-state index is -1.31. The lowest BCUT2D eigenvalue weighted by Crippen LogP contribution is -2.13. The van der Waals surface area contributed by atoms with Crippen LogP contribution in [0.3, 0.4) is 0 Å². The Morgan fingerprint density at radius 2 is 1.85 bits per heavy atom. The summed E-state index contributed by atoms with van der Waals surface area (Å²) in [5.74, 6) is 1.14. The van der Waals surface area contributed by atoms with Gasteiger partial charge in [0.2, 0.25) is 5.89 Å². The predicted molar refractivity (Wildman–Crippen MR) is 94.4 cm³/mol. The van der Waals surface area contributed by atoms with Crippen LogP contribution in [0, 0.1) is 6.92 Å². The second-order valence-electron chi connectivity index (χ2n) is 5.67. The Bertz CT molecular complexity index is 871. The second-order valence-corrected chi connectivity index (χ2v) is 5.67. The van der Waals surface area contributed by atoms with E-state index in [1.807, 2.05) is 37.3 Å². The summed E-state index contributed by atoms with van der Waals surface area (Å²) in [6.45, 7) is 2.09. The van der Waals surface area contributed by atoms with Crippen molar-refractivity contribution in [3.8, 4) is 17.2 Å². The van der Waals surface area contributed by atoms with E-state index < -0.39 is 12.1 Å². The van der Waals surface area contributed by atoms with Gasteiger partial charge in [-0.1, -0.05) is 30.3 Å². The third kappa shape index (κ3) is 3.92. The summed E-state index contributed by atoms with van der Waals surface area (Å²) >= 11 is 0. The number of hydrogen-bond acceptors (Lipinski definition) is 6. The predicted octanol–water partition coefficient (Wildman–Crippen LogP) is 3.44. The molecule has 3 aromatic rings. The fourth-order valence-corrected chi connectivity index (χ4v) is 2.41. The number of esters is 1. The standard InChI is InChI=1S/C20H19NO5/c1-13-17(21-19(26-13)15-6-4-3-5-7-15)12-25-16-10-8-14(9-11-16)18(22)20(23)24-2/h3-11,18,22H,12H2,1-2H3. The molecule has 0 aliphatic heterocycles. The third-order valence-electron chi connectivity index (χ3n) is 3.91. The van der Waals surface area contributed by atoms with Crippen molar-refractivity contribution >= 4 is 5.97 Å². The fourth-order valence-electron chi connectivity index (χ4n) is 2.41. The Morgan fingerprint density at radius 3 is 2.50 bits per heavy atom. The van der Waals surface area contributed by atoms with Crippen LogP contribution >= 0.6 is 0 Å². The van der Waals surface area contributed by atoms with Crippen LogP contribution in [0.4, 0.5) is 0 Å². The summed E-state index contributed by atoms with van der Waals surface area (Å²) in [5.41, 5.74) is 2.05. The van der Waals surface area contributed by atoms with Crippen LogP contribution in [0.5, 0.6) is 5.75 Å². The highest BCUT2D eigenvalue weighted by molar-refractivity contribution is 5.76. The Morgan fingerprint density at radius 1 is 1.15 bits per heavy atom. The highest BCUT2D eigenvalue weighted by Gasteiger charge is 2.17. The molecule has 0 aliphatic rings. The van der Waals surface area contributed by atoms with Gasteiger partial charge in [0.1, 0.15) is 23.8 Å². The number of aryl methyl sites for hydroxylation is 1. The van der Waals surface area contributed by atoms with Gasteiger partial charge in [0.15, 0.2) is 6.10 Å². The third-order valence-corrected chi connectivity index (χ3v) is 3.91. The molecule has 6 nitrogen and oxygen atoms in total. The number of rotatable bonds is 6. The molecule has 0 radical (unpaired) electrons. The van der Waals surface area contributed by atoms with E-state index in [0.717, 1.165) is 5.56 Å². The van der Waals surface area contributed by atoms with E-state index in [1.165, 1.54) is 7.11 Å². The zero-order valence-electron chi connectivity index (χ0n) is 14.5. The van der Waals surface area contributed by atoms with E-state index in [2.05, 4.69) is 9.72 Å². The molecule has 0 amide bonds. The molecule has 0 saturated heterocycles. The first-order valence-electron chi connectivity index (χ1n) is 8.09. The number of carbonyl (C=O) groups excluding carboxylic acids is 1. The molecule has 1 heterocycles. The fraction of sp³-hybridized carbons (Fsp3) is 0.200. The largest absolute Gasteiger partial charge is 0.487 e. The Labute approximate surface area is 151 Å². The molecule has 1 atom stereocenters. The van der Waals surface area contributed by atoms with Gasteiger partial charge in [-0.25, -0.2) is 9.78 Å². The van der Waals surface area contributed by atoms with Crippen molar-refractivity contribution in [2.24, 2.45) is 0 Å². The molecule has 26 heavy (non-hydrogen) atoms. The van der Waals surface area contributed by atoms with Gasteiger partial charge in [0.05, 0.1) is 7.11 Å². The lowest BCUT2D eigenvalue weighted by Gasteiger charge is -2.10. The van der Waals surface area contributed by atoms with Crippen molar-refractivity contribution in [2.75, 3.05) is 7.11 Å². The lowest BCUT2D eigenvalue weighted by molar-refractivity contribution is -0.150. The van der Waals surface area contributed by atoms with Gasteiger partial charge >= 0.3 is 5.97 Å². The van der Waals surface area contributed by atoms with Crippen LogP contribution in [0.25, 0.3) is 11.5 Å². The highest BCUT2D eigenvalue weighted by atomic mass is 16.5. The van der Waals surface area contributed by atoms with Gasteiger partial charge in [-0.05, 0) is 36.8 Å². The Balaban J connectivity index is 1.66. The minimum Gasteiger partial charge on any atom is -0.487 e. The number of methoxy groups -OCH3 is 1. The van der Waals surface area contributed by atoms with Gasteiger partial charge in [0, 0.05) is 5.56 Å². The SMILES string of the molecule is COC(=O)C(O)c1ccc(OCc2nc(-c3ccccc3)oc2C)cc1. The van der Waals surface area contributed by atoms with Gasteiger partial charge in [-0.2, -0.15) is 0 Å². The summed E-state index contributed by atoms with van der Waals surface area (Å²) < 4.78 is 15.9. The number of ether oxygens (including phenoxy) is 2. The second kappa shape index (κ2) is 7.84. The maximum atomic E-state index is 11.3. The normalized spacial score (nSPS) is 11.8. The number of hydrogen-bond donors (Lipinski definition) is 1. The minimum absolute atomic E-state index is 0.251. The molecule has 0 bridgehead atoms. The summed E-state index contributed by atoms with van der Waals surface area (Å²) in [6.07, 6.45) is -1.31. The van der Waals surface area contributed by atoms with Crippen molar-refractivity contribution in [3.05, 3.63) is 71.6 Å². The van der Waals surface area contributed by atoms with E-state index in [-0.39, 0.29) is 6.61 Å². The van der Waals surface area contributed by atoms with E-state index >= 15 is 0 Å². The molecule has 0 fully saturated rings. The molecule has 1 aromatic heterocycles. The molecule has 0 spiro atoms. The van der Waals surface area contributed by atoms with E-state index in [0.29, 0.717) is 28.7 Å². The molecule has 0 aliphatic carbocycles. The van der Waals surface area contributed by atoms with E-state index in [9.17, 15) is 9.90 Å². The monoisotopic (exact) mass is 353 g/mol. The summed E-state index contributed by atoms with van der Waals surface area (Å²) in [7, 11) is 1.23. The number of nitrogens with zero attached hydrogens (tertiary/aromatic N) is 1. The summed E-state index contributed by atoms with van der Waals surface area (Å²) in [5, 5.41) is 9.80. The first kappa shape index (κ1) is 17.7. The van der Waals surface area contributed by atoms with Crippen LogP contribution in [0.15, 0.2) is 59.0 Å². The van der Waals surface area contributed by atoms with E-state index in [4.69, 9.17) is 9.15 Å². The van der Waals surface area contributed by atoms with Crippen molar-refractivity contribution in [1.29, 1.82) is 0 Å². The molecule has 2 aromatic carbocycles. The molecule has 134 valence electrons. The first-order valence-corrected chi connectivity index (χ1v) is 8.09. The molecule has 6 heteroatoms. The van der Waals surface area contributed by atoms with Crippen molar-refractivity contribution in [2.45, 2.75) is 19.6 Å². The maximum absolute atomic E-state index is 11.3. The molecular formula is C20H19NO5. The van der Waals surface area contributed by atoms with Crippen LogP contribution in [-0.4, -0.2) is 23.2 Å². The number of carbonyl (C=O) groups is 1. The topological polar surface area (TPSA) is 81.8 Å². The van der Waals surface area contributed by atoms with Gasteiger partial charge < -0.3 is 19.0 Å². The number of aliphatic hydroxyl groups excluding tert-OH is 1. The molecule has 0 saturated carbocycles. The van der Waals surface area contributed by atoms with Crippen molar-refractivity contribution in [1.82, 2.24) is 4.98 Å². The van der Waals surface area contributed by atoms with Crippen LogP contribution in [0.2, 0.25) is 0 Å². The zero-order chi connectivity index (χ0) is 18.5. The number of aromatic nitrogens is 1. The molecule has 1 N–H and O–H groups in total. The number of oxazole rings is 1. The van der Waals surface area contributed by atoms with Gasteiger partial charge in [-0.3, -0.25) is 0 Å². The highest BCUT2D eigenvalue weighted by Crippen LogP contribution is 2.23. The van der Waals surface area contributed by atoms with Crippen LogP contribution in [0.1, 0.15) is 23.1 Å². The summed E-state index contributed by atoms with van der Waals surface area (Å²) in [4.78, 5) is 15.8. The van der Waals surface area contributed by atoms with Crippen molar-refractivity contribution < 1.29 is 23.8 Å². The lowest BCUT2D eigenvalue weighted by atomic mass is 10.1. The number of aliphatic hydroxyl groups is 1. The first-order chi connectivity index (χ1) is 12.6. The Hall–Kier alpha value is -3.12. The van der Waals surface area contributed by atoms with Gasteiger partial charge in [0.25, 0.3) is 0 Å². The smallest absolute Gasteiger partial charge is 0.339 e. The quantitative estimate of drug-likeness (QED) is 0.684. The van der Waals surface area contributed by atoms with Gasteiger partial charge in [-0.15, -0.1) is 0 Å². The molecule has 1 unspecified atom stereocenters. The Kier molecular flexibility index (Phi) is 5.34. The van der Waals surface area contributed by atoms with Crippen LogP contribution in [-0.2, 0) is 16.1 Å². The number of benzene rings is 2. The average Bonchev–Trinajstić information content (AvgIpc) is 3.07. The maximum Gasteiger partial charge on any atom is 0.339 e. The van der Waals surface area contributed by atoms with E-state index in [1.54, 1.807) is 24.3 Å². The summed E-state index contributed by atoms with van der Waals surface area (Å²) in [6, 6.07) is 16.2.